The number of carbonyl (C=O) groups is 2. The molecule has 4 nitrogen and oxygen atoms in total. The predicted molar refractivity (Wildman–Crippen MR) is 93.1 cm³/mol. The van der Waals surface area contributed by atoms with E-state index in [1.807, 2.05) is 0 Å². The number of anilines is 1. The zero-order valence-electron chi connectivity index (χ0n) is 14.2. The van der Waals surface area contributed by atoms with Gasteiger partial charge < -0.3 is 10.1 Å². The summed E-state index contributed by atoms with van der Waals surface area (Å²) in [6.45, 7) is 4.27. The summed E-state index contributed by atoms with van der Waals surface area (Å²) in [4.78, 5) is 24.8. The smallest absolute Gasteiger partial charge is 0.340 e. The van der Waals surface area contributed by atoms with E-state index in [-0.39, 0.29) is 11.1 Å². The first-order chi connectivity index (χ1) is 12.0. The molecule has 2 aromatic rings. The van der Waals surface area contributed by atoms with Gasteiger partial charge in [0.25, 0.3) is 5.91 Å². The first kappa shape index (κ1) is 17.1. The van der Waals surface area contributed by atoms with Crippen molar-refractivity contribution in [2.24, 2.45) is 11.8 Å². The molecule has 2 unspecified atom stereocenters. The van der Waals surface area contributed by atoms with Crippen LogP contribution in [0.5, 0.6) is 0 Å². The van der Waals surface area contributed by atoms with Crippen molar-refractivity contribution in [2.75, 3.05) is 11.9 Å². The molecule has 0 radical (unpaired) electrons. The van der Waals surface area contributed by atoms with Gasteiger partial charge in [0.2, 0.25) is 0 Å². The zero-order chi connectivity index (χ0) is 18.0. The van der Waals surface area contributed by atoms with Crippen LogP contribution in [0.1, 0.15) is 39.6 Å². The Morgan fingerprint density at radius 3 is 2.52 bits per heavy atom. The number of hydrogen-bond donors (Lipinski definition) is 1. The lowest BCUT2D eigenvalue weighted by atomic mass is 10.1. The van der Waals surface area contributed by atoms with Crippen molar-refractivity contribution in [1.82, 2.24) is 0 Å². The summed E-state index contributed by atoms with van der Waals surface area (Å²) in [5.74, 6) is -0.680. The maximum atomic E-state index is 13.8. The molecule has 1 saturated carbocycles. The molecule has 2 atom stereocenters. The first-order valence-electron chi connectivity index (χ1n) is 8.30. The minimum Gasteiger partial charge on any atom is -0.462 e. The Labute approximate surface area is 146 Å². The Hall–Kier alpha value is -2.69. The highest BCUT2D eigenvalue weighted by Gasteiger charge is 2.34. The van der Waals surface area contributed by atoms with E-state index in [1.54, 1.807) is 31.2 Å². The Bertz CT molecular complexity index is 818. The average molecular weight is 341 g/mol. The van der Waals surface area contributed by atoms with Crippen molar-refractivity contribution in [3.8, 4) is 0 Å². The normalized spacial score (nSPS) is 18.5. The monoisotopic (exact) mass is 341 g/mol. The molecule has 0 bridgehead atoms. The number of para-hydroxylation sites is 1. The van der Waals surface area contributed by atoms with Crippen molar-refractivity contribution in [3.63, 3.8) is 0 Å². The van der Waals surface area contributed by atoms with Gasteiger partial charge in [-0.15, -0.1) is 0 Å². The number of carbonyl (C=O) groups excluding carboxylic acids is 2. The van der Waals surface area contributed by atoms with Gasteiger partial charge in [-0.2, -0.15) is 0 Å². The number of aryl methyl sites for hydroxylation is 1. The fourth-order valence-electron chi connectivity index (χ4n) is 2.72. The van der Waals surface area contributed by atoms with Gasteiger partial charge in [0.1, 0.15) is 5.82 Å². The number of halogens is 1. The SMILES string of the molecule is Cc1cccc(C(=O)OCC2CC2C)c1NC(=O)c1ccccc1F. The van der Waals surface area contributed by atoms with Crippen molar-refractivity contribution in [2.45, 2.75) is 20.3 Å². The molecular formula is C20H20FNO3. The molecule has 2 aromatic carbocycles. The van der Waals surface area contributed by atoms with Crippen LogP contribution in [0, 0.1) is 24.6 Å². The summed E-state index contributed by atoms with van der Waals surface area (Å²) >= 11 is 0. The maximum Gasteiger partial charge on any atom is 0.340 e. The summed E-state index contributed by atoms with van der Waals surface area (Å²) < 4.78 is 19.2. The van der Waals surface area contributed by atoms with Gasteiger partial charge in [-0.25, -0.2) is 9.18 Å². The topological polar surface area (TPSA) is 55.4 Å². The molecule has 0 saturated heterocycles. The number of ether oxygens (including phenoxy) is 1. The summed E-state index contributed by atoms with van der Waals surface area (Å²) in [5, 5.41) is 2.65. The van der Waals surface area contributed by atoms with E-state index in [2.05, 4.69) is 12.2 Å². The van der Waals surface area contributed by atoms with Crippen LogP contribution in [0.15, 0.2) is 42.5 Å². The van der Waals surface area contributed by atoms with Gasteiger partial charge in [-0.1, -0.05) is 31.2 Å². The largest absolute Gasteiger partial charge is 0.462 e. The maximum absolute atomic E-state index is 13.8. The van der Waals surface area contributed by atoms with Gasteiger partial charge in [-0.3, -0.25) is 4.79 Å². The Morgan fingerprint density at radius 2 is 1.84 bits per heavy atom. The molecule has 3 rings (SSSR count). The third-order valence-corrected chi connectivity index (χ3v) is 4.55. The van der Waals surface area contributed by atoms with Crippen LogP contribution in [-0.2, 0) is 4.74 Å². The summed E-state index contributed by atoms with van der Waals surface area (Å²) in [6, 6.07) is 10.8. The molecule has 1 aliphatic rings. The standard InChI is InChI=1S/C20H20FNO3/c1-12-6-5-8-16(20(24)25-11-14-10-13(14)2)18(12)22-19(23)15-7-3-4-9-17(15)21/h3-9,13-14H,10-11H2,1-2H3,(H,22,23). The first-order valence-corrected chi connectivity index (χ1v) is 8.30. The van der Waals surface area contributed by atoms with Gasteiger partial charge >= 0.3 is 5.97 Å². The lowest BCUT2D eigenvalue weighted by molar-refractivity contribution is 0.0482. The summed E-state index contributed by atoms with van der Waals surface area (Å²) in [7, 11) is 0. The van der Waals surface area contributed by atoms with E-state index in [9.17, 15) is 14.0 Å². The van der Waals surface area contributed by atoms with Crippen LogP contribution < -0.4 is 5.32 Å². The number of nitrogens with one attached hydrogen (secondary N) is 1. The second-order valence-electron chi connectivity index (χ2n) is 6.50. The second-order valence-corrected chi connectivity index (χ2v) is 6.50. The van der Waals surface area contributed by atoms with Crippen LogP contribution in [0.4, 0.5) is 10.1 Å². The van der Waals surface area contributed by atoms with Crippen molar-refractivity contribution in [1.29, 1.82) is 0 Å². The quantitative estimate of drug-likeness (QED) is 0.829. The molecule has 130 valence electrons. The van der Waals surface area contributed by atoms with Crippen molar-refractivity contribution >= 4 is 17.6 Å². The molecule has 0 aliphatic heterocycles. The lowest BCUT2D eigenvalue weighted by Crippen LogP contribution is -2.18. The van der Waals surface area contributed by atoms with Crippen LogP contribution in [-0.4, -0.2) is 18.5 Å². The molecule has 25 heavy (non-hydrogen) atoms. The van der Waals surface area contributed by atoms with Gasteiger partial charge in [0, 0.05) is 0 Å². The summed E-state index contributed by atoms with van der Waals surface area (Å²) in [6.07, 6.45) is 1.07. The minimum atomic E-state index is -0.611. The highest BCUT2D eigenvalue weighted by molar-refractivity contribution is 6.08. The van der Waals surface area contributed by atoms with Crippen LogP contribution in [0.2, 0.25) is 0 Å². The Balaban J connectivity index is 1.79. The molecular weight excluding hydrogens is 321 g/mol. The van der Waals surface area contributed by atoms with Gasteiger partial charge in [-0.05, 0) is 48.9 Å². The lowest BCUT2D eigenvalue weighted by Gasteiger charge is -2.14. The van der Waals surface area contributed by atoms with E-state index in [1.165, 1.54) is 18.2 Å². The number of esters is 1. The minimum absolute atomic E-state index is 0.0723. The molecule has 0 aromatic heterocycles. The molecule has 5 heteroatoms. The van der Waals surface area contributed by atoms with Crippen LogP contribution in [0.3, 0.4) is 0 Å². The number of hydrogen-bond acceptors (Lipinski definition) is 3. The van der Waals surface area contributed by atoms with Crippen LogP contribution >= 0.6 is 0 Å². The molecule has 1 aliphatic carbocycles. The third kappa shape index (κ3) is 3.87. The molecule has 0 heterocycles. The predicted octanol–water partition coefficient (Wildman–Crippen LogP) is 4.20. The van der Waals surface area contributed by atoms with Crippen molar-refractivity contribution in [3.05, 3.63) is 65.0 Å². The van der Waals surface area contributed by atoms with E-state index < -0.39 is 17.7 Å². The second kappa shape index (κ2) is 7.05. The van der Waals surface area contributed by atoms with E-state index in [4.69, 9.17) is 4.74 Å². The third-order valence-electron chi connectivity index (χ3n) is 4.55. The highest BCUT2D eigenvalue weighted by Crippen LogP contribution is 2.38. The molecule has 1 N–H and O–H groups in total. The Morgan fingerprint density at radius 1 is 1.16 bits per heavy atom. The van der Waals surface area contributed by atoms with Gasteiger partial charge in [0.05, 0.1) is 23.4 Å². The van der Waals surface area contributed by atoms with Crippen molar-refractivity contribution < 1.29 is 18.7 Å². The molecule has 1 amide bonds. The number of benzene rings is 2. The average Bonchev–Trinajstić information content (AvgIpc) is 3.30. The van der Waals surface area contributed by atoms with E-state index in [0.29, 0.717) is 29.7 Å². The number of rotatable bonds is 5. The van der Waals surface area contributed by atoms with E-state index in [0.717, 1.165) is 6.42 Å². The summed E-state index contributed by atoms with van der Waals surface area (Å²) in [5.41, 5.74) is 1.26. The van der Waals surface area contributed by atoms with Gasteiger partial charge in [0.15, 0.2) is 0 Å². The molecule has 0 spiro atoms. The number of amides is 1. The molecule has 1 fully saturated rings. The fraction of sp³-hybridized carbons (Fsp3) is 0.300. The highest BCUT2D eigenvalue weighted by atomic mass is 19.1. The van der Waals surface area contributed by atoms with Crippen LogP contribution in [0.25, 0.3) is 0 Å². The van der Waals surface area contributed by atoms with E-state index >= 15 is 0 Å². The fourth-order valence-corrected chi connectivity index (χ4v) is 2.72. The zero-order valence-corrected chi connectivity index (χ0v) is 14.2. The Kier molecular flexibility index (Phi) is 4.83.